The average Bonchev–Trinajstić information content (AvgIpc) is 3.49. The number of para-hydroxylation sites is 1. The number of nitrogens with one attached hydrogen (secondary N) is 1. The van der Waals surface area contributed by atoms with E-state index >= 15 is 0 Å². The lowest BCUT2D eigenvalue weighted by Crippen LogP contribution is -1.97. The highest BCUT2D eigenvalue weighted by Crippen LogP contribution is 2.59. The molecule has 0 saturated carbocycles. The van der Waals surface area contributed by atoms with E-state index in [0.29, 0.717) is 41.6 Å². The van der Waals surface area contributed by atoms with Crippen LogP contribution in [-0.2, 0) is 0 Å². The predicted molar refractivity (Wildman–Crippen MR) is 203 cm³/mol. The van der Waals surface area contributed by atoms with Crippen LogP contribution in [0.4, 0.5) is 0 Å². The summed E-state index contributed by atoms with van der Waals surface area (Å²) in [5.41, 5.74) is 3.04. The van der Waals surface area contributed by atoms with Gasteiger partial charge in [-0.25, -0.2) is 0 Å². The van der Waals surface area contributed by atoms with E-state index in [-0.39, 0.29) is 28.2 Å². The third-order valence-corrected chi connectivity index (χ3v) is 11.3. The Morgan fingerprint density at radius 1 is 0.479 bits per heavy atom. The number of phenolic OH excluding ortho intramolecular Hbond substituents is 5. The number of hydrogen-bond donors (Lipinski definition) is 6. The molecule has 9 aromatic carbocycles. The van der Waals surface area contributed by atoms with Gasteiger partial charge in [-0.2, -0.15) is 0 Å². The van der Waals surface area contributed by atoms with Crippen molar-refractivity contribution in [3.63, 3.8) is 0 Å². The molecule has 0 unspecified atom stereocenters. The summed E-state index contributed by atoms with van der Waals surface area (Å²) >= 11 is 2.10. The number of rotatable bonds is 1. The van der Waals surface area contributed by atoms with Crippen molar-refractivity contribution in [1.82, 2.24) is 4.98 Å². The molecule has 0 aliphatic heterocycles. The fourth-order valence-corrected chi connectivity index (χ4v) is 8.91. The fourth-order valence-electron chi connectivity index (χ4n) is 8.11. The van der Waals surface area contributed by atoms with Crippen molar-refractivity contribution < 1.29 is 25.5 Å². The van der Waals surface area contributed by atoms with Crippen molar-refractivity contribution in [2.75, 3.05) is 0 Å². The van der Waals surface area contributed by atoms with E-state index < -0.39 is 11.5 Å². The van der Waals surface area contributed by atoms with Crippen LogP contribution in [-0.4, -0.2) is 30.5 Å². The summed E-state index contributed by atoms with van der Waals surface area (Å²) in [5, 5.41) is 69.1. The second-order valence-electron chi connectivity index (χ2n) is 12.6. The summed E-state index contributed by atoms with van der Waals surface area (Å²) in [7, 11) is 0. The fraction of sp³-hybridized carbons (Fsp3) is 0.0244. The number of aromatic hydroxyl groups is 5. The lowest BCUT2D eigenvalue weighted by molar-refractivity contribution is 0.398. The molecule has 0 fully saturated rings. The molecular formula is C41H24INO5. The van der Waals surface area contributed by atoms with Gasteiger partial charge in [-0.05, 0) is 80.2 Å². The number of hydrogen-bond acceptors (Lipinski definition) is 5. The van der Waals surface area contributed by atoms with E-state index in [1.54, 1.807) is 6.92 Å². The molecular weight excluding hydrogens is 713 g/mol. The number of H-pyrrole nitrogens is 1. The molecule has 0 spiro atoms. The summed E-state index contributed by atoms with van der Waals surface area (Å²) in [4.78, 5) is 3.66. The minimum Gasteiger partial charge on any atom is -0.507 e. The second-order valence-corrected chi connectivity index (χ2v) is 13.7. The van der Waals surface area contributed by atoms with E-state index in [2.05, 4.69) is 45.8 Å². The third kappa shape index (κ3) is 3.21. The molecule has 6 N–H and O–H groups in total. The van der Waals surface area contributed by atoms with Crippen molar-refractivity contribution in [1.29, 1.82) is 0 Å². The highest BCUT2D eigenvalue weighted by atomic mass is 127. The number of phenols is 5. The standard InChI is InChI=1S/C41H24INO5/c1-17-37(44)34-28-23-11-6-9-20-16-24-22-10-4-5-12-25(22)43-36(24)31(26(20)23)30-29(28)32(40(47)41(48)35(30)42)27(33(34)39(46)38(17)45)21-14-13-18-7-2-3-8-19(18)15-21/h2-16,43-48H,1H3. The van der Waals surface area contributed by atoms with Gasteiger partial charge in [0.25, 0.3) is 0 Å². The van der Waals surface area contributed by atoms with Crippen LogP contribution in [0.3, 0.4) is 0 Å². The monoisotopic (exact) mass is 737 g/mol. The van der Waals surface area contributed by atoms with Crippen LogP contribution in [0.5, 0.6) is 28.7 Å². The molecule has 0 saturated heterocycles. The zero-order valence-electron chi connectivity index (χ0n) is 25.3. The van der Waals surface area contributed by atoms with Gasteiger partial charge in [-0.3, -0.25) is 0 Å². The zero-order valence-corrected chi connectivity index (χ0v) is 27.4. The van der Waals surface area contributed by atoms with E-state index in [9.17, 15) is 25.5 Å². The molecule has 0 bridgehead atoms. The van der Waals surface area contributed by atoms with Gasteiger partial charge in [-0.1, -0.05) is 72.8 Å². The van der Waals surface area contributed by atoms with Gasteiger partial charge in [0.1, 0.15) is 5.75 Å². The number of benzene rings is 9. The van der Waals surface area contributed by atoms with E-state index in [1.165, 1.54) is 0 Å². The van der Waals surface area contributed by atoms with Crippen molar-refractivity contribution in [2.45, 2.75) is 6.92 Å². The van der Waals surface area contributed by atoms with Crippen molar-refractivity contribution >= 4 is 109 Å². The minimum absolute atomic E-state index is 0.142. The highest BCUT2D eigenvalue weighted by molar-refractivity contribution is 14.1. The first-order valence-electron chi connectivity index (χ1n) is 15.5. The van der Waals surface area contributed by atoms with Crippen LogP contribution in [0.2, 0.25) is 0 Å². The second kappa shape index (κ2) is 9.23. The number of aromatic amines is 1. The zero-order chi connectivity index (χ0) is 32.7. The lowest BCUT2D eigenvalue weighted by Gasteiger charge is -2.24. The summed E-state index contributed by atoms with van der Waals surface area (Å²) in [6.07, 6.45) is 0. The van der Waals surface area contributed by atoms with Gasteiger partial charge in [-0.15, -0.1) is 0 Å². The molecule has 1 aromatic heterocycles. The summed E-state index contributed by atoms with van der Waals surface area (Å²) < 4.78 is 0.462. The Labute approximate surface area is 285 Å². The first-order valence-corrected chi connectivity index (χ1v) is 16.6. The minimum atomic E-state index is -0.447. The Bertz CT molecular complexity index is 3090. The lowest BCUT2D eigenvalue weighted by atomic mass is 9.81. The van der Waals surface area contributed by atoms with Crippen LogP contribution in [0.25, 0.3) is 97.6 Å². The Kier molecular flexibility index (Phi) is 5.28. The van der Waals surface area contributed by atoms with Crippen molar-refractivity contribution in [3.05, 3.63) is 100 Å². The average molecular weight is 738 g/mol. The van der Waals surface area contributed by atoms with E-state index in [0.717, 1.165) is 54.1 Å². The third-order valence-electron chi connectivity index (χ3n) is 10.2. The molecule has 10 aromatic rings. The SMILES string of the molecule is Cc1c(O)c(O)c2c(-c3ccc4ccccc4c3)c3c(O)c(O)c(I)c4c3c(c3cccc5cc6c7ccccc7[nH]c6c4c53)c2c1O. The molecule has 230 valence electrons. The van der Waals surface area contributed by atoms with Gasteiger partial charge in [0, 0.05) is 65.1 Å². The molecule has 0 radical (unpaired) electrons. The van der Waals surface area contributed by atoms with Crippen molar-refractivity contribution in [3.8, 4) is 39.9 Å². The molecule has 0 aliphatic rings. The van der Waals surface area contributed by atoms with Crippen LogP contribution in [0.15, 0.2) is 91.0 Å². The first kappa shape index (κ1) is 27.4. The topological polar surface area (TPSA) is 117 Å². The Morgan fingerprint density at radius 2 is 1.17 bits per heavy atom. The Balaban J connectivity index is 1.61. The van der Waals surface area contributed by atoms with Gasteiger partial charge in [0.15, 0.2) is 23.0 Å². The summed E-state index contributed by atoms with van der Waals surface area (Å²) in [6, 6.07) is 30.0. The van der Waals surface area contributed by atoms with Gasteiger partial charge in [0.05, 0.1) is 9.09 Å². The number of aromatic nitrogens is 1. The molecule has 7 heteroatoms. The molecule has 0 aliphatic carbocycles. The van der Waals surface area contributed by atoms with Crippen LogP contribution in [0.1, 0.15) is 5.56 Å². The quantitative estimate of drug-likeness (QED) is 0.0330. The van der Waals surface area contributed by atoms with Crippen LogP contribution in [0, 0.1) is 10.5 Å². The van der Waals surface area contributed by atoms with Gasteiger partial charge < -0.3 is 30.5 Å². The van der Waals surface area contributed by atoms with Crippen LogP contribution >= 0.6 is 22.6 Å². The number of halogens is 1. The molecule has 0 atom stereocenters. The highest BCUT2D eigenvalue weighted by Gasteiger charge is 2.31. The summed E-state index contributed by atoms with van der Waals surface area (Å²) in [6.45, 7) is 1.57. The molecule has 0 amide bonds. The number of fused-ring (bicyclic) bond motifs is 9. The van der Waals surface area contributed by atoms with Crippen molar-refractivity contribution in [2.24, 2.45) is 0 Å². The van der Waals surface area contributed by atoms with Gasteiger partial charge in [0.2, 0.25) is 0 Å². The smallest absolute Gasteiger partial charge is 0.172 e. The maximum absolute atomic E-state index is 12.0. The maximum Gasteiger partial charge on any atom is 0.172 e. The molecule has 48 heavy (non-hydrogen) atoms. The van der Waals surface area contributed by atoms with E-state index in [4.69, 9.17) is 0 Å². The molecule has 6 nitrogen and oxygen atoms in total. The largest absolute Gasteiger partial charge is 0.507 e. The van der Waals surface area contributed by atoms with Crippen LogP contribution < -0.4 is 0 Å². The Morgan fingerprint density at radius 3 is 2.00 bits per heavy atom. The normalized spacial score (nSPS) is 12.4. The summed E-state index contributed by atoms with van der Waals surface area (Å²) in [5.74, 6) is -1.66. The Hall–Kier alpha value is -5.67. The molecule has 1 heterocycles. The van der Waals surface area contributed by atoms with Gasteiger partial charge >= 0.3 is 0 Å². The van der Waals surface area contributed by atoms with E-state index in [1.807, 2.05) is 72.8 Å². The molecule has 10 rings (SSSR count). The first-order chi connectivity index (χ1) is 23.3. The maximum atomic E-state index is 12.0. The predicted octanol–water partition coefficient (Wildman–Crippen LogP) is 10.8.